The summed E-state index contributed by atoms with van der Waals surface area (Å²) in [6, 6.07) is 0. The Morgan fingerprint density at radius 2 is 2.42 bits per heavy atom. The Balaban J connectivity index is 2.51. The van der Waals surface area contributed by atoms with Crippen LogP contribution in [-0.4, -0.2) is 41.6 Å². The Kier molecular flexibility index (Phi) is 2.73. The fourth-order valence-corrected chi connectivity index (χ4v) is 1.06. The van der Waals surface area contributed by atoms with Crippen LogP contribution < -0.4 is 11.1 Å². The molecule has 1 aliphatic rings. The lowest BCUT2D eigenvalue weighted by Crippen LogP contribution is -2.39. The Labute approximate surface area is 70.0 Å². The smallest absolute Gasteiger partial charge is 0.233 e. The molecule has 12 heavy (non-hydrogen) atoms. The highest BCUT2D eigenvalue weighted by Gasteiger charge is 2.14. The van der Waals surface area contributed by atoms with E-state index in [1.165, 1.54) is 0 Å². The van der Waals surface area contributed by atoms with Crippen molar-refractivity contribution in [3.8, 4) is 0 Å². The summed E-state index contributed by atoms with van der Waals surface area (Å²) in [6.45, 7) is 1.62. The summed E-state index contributed by atoms with van der Waals surface area (Å²) >= 11 is 0. The molecule has 0 spiro atoms. The van der Waals surface area contributed by atoms with Crippen LogP contribution in [0.25, 0.3) is 0 Å². The van der Waals surface area contributed by atoms with Crippen molar-refractivity contribution in [1.82, 2.24) is 10.2 Å². The average molecular weight is 172 g/mol. The molecule has 1 rings (SSSR count). The van der Waals surface area contributed by atoms with Gasteiger partial charge < -0.3 is 21.2 Å². The van der Waals surface area contributed by atoms with Crippen molar-refractivity contribution < 1.29 is 10.0 Å². The second-order valence-electron chi connectivity index (χ2n) is 2.55. The molecule has 1 fully saturated rings. The molecule has 0 bridgehead atoms. The number of nitrogens with one attached hydrogen (secondary N) is 1. The van der Waals surface area contributed by atoms with E-state index >= 15 is 0 Å². The molecule has 6 heteroatoms. The second-order valence-corrected chi connectivity index (χ2v) is 2.55. The number of carbonyl (C=O) groups is 1. The second kappa shape index (κ2) is 3.80. The predicted molar refractivity (Wildman–Crippen MR) is 42.6 cm³/mol. The van der Waals surface area contributed by atoms with Crippen LogP contribution in [-0.2, 0) is 4.79 Å². The molecule has 0 unspecified atom stereocenters. The van der Waals surface area contributed by atoms with Crippen LogP contribution in [0.15, 0.2) is 5.16 Å². The largest absolute Gasteiger partial charge is 0.408 e. The molecule has 0 aromatic heterocycles. The molecule has 0 aliphatic carbocycles. The first-order chi connectivity index (χ1) is 5.74. The zero-order valence-electron chi connectivity index (χ0n) is 6.66. The maximum Gasteiger partial charge on any atom is 0.233 e. The number of rotatable bonds is 0. The van der Waals surface area contributed by atoms with E-state index < -0.39 is 0 Å². The Morgan fingerprint density at radius 1 is 1.67 bits per heavy atom. The van der Waals surface area contributed by atoms with Gasteiger partial charge in [0.05, 0.1) is 0 Å². The topological polar surface area (TPSA) is 90.9 Å². The van der Waals surface area contributed by atoms with Gasteiger partial charge >= 0.3 is 0 Å². The van der Waals surface area contributed by atoms with Crippen LogP contribution in [0, 0.1) is 0 Å². The van der Waals surface area contributed by atoms with Crippen molar-refractivity contribution in [2.24, 2.45) is 10.9 Å². The van der Waals surface area contributed by atoms with Gasteiger partial charge in [0.1, 0.15) is 0 Å². The van der Waals surface area contributed by atoms with E-state index in [0.717, 1.165) is 0 Å². The van der Waals surface area contributed by atoms with Gasteiger partial charge in [0.15, 0.2) is 0 Å². The van der Waals surface area contributed by atoms with Crippen LogP contribution >= 0.6 is 0 Å². The van der Waals surface area contributed by atoms with Gasteiger partial charge in [0.2, 0.25) is 11.9 Å². The summed E-state index contributed by atoms with van der Waals surface area (Å²) in [5.74, 6) is 0.0646. The van der Waals surface area contributed by atoms with Gasteiger partial charge in [0.25, 0.3) is 0 Å². The molecule has 1 aliphatic heterocycles. The number of oxime groups is 1. The molecule has 1 heterocycles. The van der Waals surface area contributed by atoms with E-state index in [1.807, 2.05) is 0 Å². The van der Waals surface area contributed by atoms with Gasteiger partial charge in [-0.15, -0.1) is 0 Å². The lowest BCUT2D eigenvalue weighted by molar-refractivity contribution is -0.120. The fourth-order valence-electron chi connectivity index (χ4n) is 1.06. The highest BCUT2D eigenvalue weighted by Crippen LogP contribution is 1.95. The first-order valence-corrected chi connectivity index (χ1v) is 3.73. The molecule has 0 aromatic rings. The third kappa shape index (κ3) is 2.01. The zero-order chi connectivity index (χ0) is 8.97. The van der Waals surface area contributed by atoms with E-state index in [1.54, 1.807) is 4.90 Å². The summed E-state index contributed by atoms with van der Waals surface area (Å²) in [5, 5.41) is 13.9. The minimum absolute atomic E-state index is 0.00300. The monoisotopic (exact) mass is 172 g/mol. The zero-order valence-corrected chi connectivity index (χ0v) is 6.66. The van der Waals surface area contributed by atoms with Crippen molar-refractivity contribution in [2.45, 2.75) is 6.42 Å². The summed E-state index contributed by atoms with van der Waals surface area (Å²) in [7, 11) is 0. The lowest BCUT2D eigenvalue weighted by atomic mass is 10.4. The van der Waals surface area contributed by atoms with Crippen molar-refractivity contribution in [1.29, 1.82) is 0 Å². The minimum Gasteiger partial charge on any atom is -0.408 e. The average Bonchev–Trinajstić information content (AvgIpc) is 2.29. The molecule has 4 N–H and O–H groups in total. The van der Waals surface area contributed by atoms with Crippen LogP contribution in [0.4, 0.5) is 0 Å². The highest BCUT2D eigenvalue weighted by atomic mass is 16.4. The summed E-state index contributed by atoms with van der Waals surface area (Å²) < 4.78 is 0. The maximum absolute atomic E-state index is 10.9. The van der Waals surface area contributed by atoms with Gasteiger partial charge in [-0.05, 0) is 0 Å². The molecule has 0 radical (unpaired) electrons. The van der Waals surface area contributed by atoms with Crippen molar-refractivity contribution >= 4 is 11.9 Å². The Hall–Kier alpha value is -1.46. The van der Waals surface area contributed by atoms with Crippen molar-refractivity contribution in [2.75, 3.05) is 19.6 Å². The summed E-state index contributed by atoms with van der Waals surface area (Å²) in [5.41, 5.74) is 5.35. The SMILES string of the molecule is N/C(=N\O)N1CCNC(=O)CC1. The number of nitrogens with zero attached hydrogens (tertiary/aromatic N) is 2. The van der Waals surface area contributed by atoms with Gasteiger partial charge in [-0.25, -0.2) is 0 Å². The number of hydrogen-bond donors (Lipinski definition) is 3. The van der Waals surface area contributed by atoms with Gasteiger partial charge in [-0.2, -0.15) is 0 Å². The molecular formula is C6H12N4O2. The molecule has 0 atom stereocenters. The first-order valence-electron chi connectivity index (χ1n) is 3.73. The quantitative estimate of drug-likeness (QED) is 0.180. The number of carbonyl (C=O) groups excluding carboxylic acids is 1. The fraction of sp³-hybridized carbons (Fsp3) is 0.667. The maximum atomic E-state index is 10.9. The molecule has 6 nitrogen and oxygen atoms in total. The number of nitrogens with two attached hydrogens (primary N) is 1. The van der Waals surface area contributed by atoms with Crippen LogP contribution in [0.1, 0.15) is 6.42 Å². The van der Waals surface area contributed by atoms with Gasteiger partial charge in [-0.3, -0.25) is 4.79 Å². The van der Waals surface area contributed by atoms with Gasteiger partial charge in [0, 0.05) is 26.1 Å². The third-order valence-corrected chi connectivity index (χ3v) is 1.74. The van der Waals surface area contributed by atoms with E-state index in [2.05, 4.69) is 10.5 Å². The van der Waals surface area contributed by atoms with Crippen LogP contribution in [0.5, 0.6) is 0 Å². The lowest BCUT2D eigenvalue weighted by Gasteiger charge is -2.18. The van der Waals surface area contributed by atoms with E-state index in [4.69, 9.17) is 10.9 Å². The Morgan fingerprint density at radius 3 is 3.08 bits per heavy atom. The van der Waals surface area contributed by atoms with Crippen molar-refractivity contribution in [3.05, 3.63) is 0 Å². The molecular weight excluding hydrogens is 160 g/mol. The standard InChI is InChI=1S/C6H12N4O2/c7-6(9-12)10-3-1-5(11)8-2-4-10/h12H,1-4H2,(H2,7,9)(H,8,11). The van der Waals surface area contributed by atoms with Crippen LogP contribution in [0.3, 0.4) is 0 Å². The summed E-state index contributed by atoms with van der Waals surface area (Å²) in [6.07, 6.45) is 0.385. The van der Waals surface area contributed by atoms with E-state index in [-0.39, 0.29) is 11.9 Å². The molecule has 1 saturated heterocycles. The van der Waals surface area contributed by atoms with Crippen molar-refractivity contribution in [3.63, 3.8) is 0 Å². The first kappa shape index (κ1) is 8.63. The molecule has 0 aromatic carbocycles. The van der Waals surface area contributed by atoms with Gasteiger partial charge in [-0.1, -0.05) is 5.16 Å². The molecule has 0 saturated carbocycles. The summed E-state index contributed by atoms with van der Waals surface area (Å²) in [4.78, 5) is 12.5. The predicted octanol–water partition coefficient (Wildman–Crippen LogP) is -1.49. The third-order valence-electron chi connectivity index (χ3n) is 1.74. The van der Waals surface area contributed by atoms with Crippen LogP contribution in [0.2, 0.25) is 0 Å². The van der Waals surface area contributed by atoms with E-state index in [0.29, 0.717) is 26.1 Å². The molecule has 68 valence electrons. The minimum atomic E-state index is 0.00300. The number of hydrogen-bond acceptors (Lipinski definition) is 3. The number of guanidine groups is 1. The highest BCUT2D eigenvalue weighted by molar-refractivity contribution is 5.80. The van der Waals surface area contributed by atoms with E-state index in [9.17, 15) is 4.79 Å². The molecule has 1 amide bonds. The Bertz CT molecular complexity index is 204. The number of amides is 1. The normalized spacial score (nSPS) is 20.2.